The highest BCUT2D eigenvalue weighted by Crippen LogP contribution is 2.23. The molecule has 0 atom stereocenters. The van der Waals surface area contributed by atoms with E-state index in [4.69, 9.17) is 4.42 Å². The van der Waals surface area contributed by atoms with Gasteiger partial charge in [-0.15, -0.1) is 0 Å². The molecule has 0 saturated heterocycles. The van der Waals surface area contributed by atoms with Gasteiger partial charge < -0.3 is 4.42 Å². The molecule has 3 heterocycles. The summed E-state index contributed by atoms with van der Waals surface area (Å²) in [5.41, 5.74) is 1.33. The Balaban J connectivity index is 2.02. The molecule has 27 heavy (non-hydrogen) atoms. The van der Waals surface area contributed by atoms with E-state index in [0.29, 0.717) is 21.5 Å². The standard InChI is InChI=1S/C18H15BrN4O4/c1-9-4-5-11-10(7-13(24)27-12(11)6-9)8-23-15-14(20-17(23)19)16(25)22(3)18(26)21(15)2/h4-7H,8H2,1-3H3. The monoisotopic (exact) mass is 430 g/mol. The summed E-state index contributed by atoms with van der Waals surface area (Å²) in [6, 6.07) is 7.02. The molecule has 0 N–H and O–H groups in total. The van der Waals surface area contributed by atoms with Gasteiger partial charge in [-0.3, -0.25) is 18.5 Å². The van der Waals surface area contributed by atoms with Gasteiger partial charge in [0.1, 0.15) is 5.58 Å². The van der Waals surface area contributed by atoms with Crippen molar-refractivity contribution in [3.8, 4) is 0 Å². The summed E-state index contributed by atoms with van der Waals surface area (Å²) < 4.78 is 9.76. The van der Waals surface area contributed by atoms with E-state index in [2.05, 4.69) is 20.9 Å². The molecule has 0 saturated carbocycles. The zero-order valence-corrected chi connectivity index (χ0v) is 16.4. The minimum absolute atomic E-state index is 0.176. The summed E-state index contributed by atoms with van der Waals surface area (Å²) >= 11 is 3.37. The number of imidazole rings is 1. The predicted molar refractivity (Wildman–Crippen MR) is 104 cm³/mol. The SMILES string of the molecule is Cc1ccc2c(Cn3c(Br)nc4c(=O)n(C)c(=O)n(C)c43)cc(=O)oc2c1. The summed E-state index contributed by atoms with van der Waals surface area (Å²) in [6.45, 7) is 2.15. The number of nitrogens with zero attached hydrogens (tertiary/aromatic N) is 4. The average Bonchev–Trinajstić information content (AvgIpc) is 2.94. The number of benzene rings is 1. The molecule has 9 heteroatoms. The highest BCUT2D eigenvalue weighted by atomic mass is 79.9. The van der Waals surface area contributed by atoms with Crippen LogP contribution in [0.1, 0.15) is 11.1 Å². The molecule has 0 spiro atoms. The lowest BCUT2D eigenvalue weighted by Gasteiger charge is -2.11. The van der Waals surface area contributed by atoms with E-state index in [1.54, 1.807) is 17.7 Å². The van der Waals surface area contributed by atoms with Crippen molar-refractivity contribution in [1.29, 1.82) is 0 Å². The third-order valence-electron chi connectivity index (χ3n) is 4.61. The van der Waals surface area contributed by atoms with E-state index in [9.17, 15) is 14.4 Å². The van der Waals surface area contributed by atoms with Crippen LogP contribution in [0.5, 0.6) is 0 Å². The molecule has 8 nitrogen and oxygen atoms in total. The molecule has 0 aliphatic heterocycles. The minimum atomic E-state index is -0.472. The Hall–Kier alpha value is -2.94. The first-order valence-electron chi connectivity index (χ1n) is 8.13. The Morgan fingerprint density at radius 3 is 2.59 bits per heavy atom. The molecule has 1 aromatic carbocycles. The Morgan fingerprint density at radius 2 is 1.85 bits per heavy atom. The van der Waals surface area contributed by atoms with Crippen LogP contribution in [0, 0.1) is 6.92 Å². The van der Waals surface area contributed by atoms with Crippen LogP contribution in [0.2, 0.25) is 0 Å². The second-order valence-corrected chi connectivity index (χ2v) is 7.14. The maximum Gasteiger partial charge on any atom is 0.336 e. The van der Waals surface area contributed by atoms with Gasteiger partial charge in [-0.25, -0.2) is 14.6 Å². The minimum Gasteiger partial charge on any atom is -0.423 e. The molecule has 0 bridgehead atoms. The van der Waals surface area contributed by atoms with Crippen LogP contribution in [0.3, 0.4) is 0 Å². The lowest BCUT2D eigenvalue weighted by Crippen LogP contribution is -2.37. The highest BCUT2D eigenvalue weighted by Gasteiger charge is 2.19. The molecule has 0 aliphatic carbocycles. The van der Waals surface area contributed by atoms with E-state index < -0.39 is 16.9 Å². The first kappa shape index (κ1) is 17.5. The number of fused-ring (bicyclic) bond motifs is 2. The van der Waals surface area contributed by atoms with Crippen LogP contribution < -0.4 is 16.9 Å². The fourth-order valence-electron chi connectivity index (χ4n) is 3.24. The summed E-state index contributed by atoms with van der Waals surface area (Å²) in [5, 5.41) is 0.780. The van der Waals surface area contributed by atoms with E-state index in [1.165, 1.54) is 17.7 Å². The van der Waals surface area contributed by atoms with Crippen LogP contribution in [-0.2, 0) is 20.6 Å². The highest BCUT2D eigenvalue weighted by molar-refractivity contribution is 9.10. The third-order valence-corrected chi connectivity index (χ3v) is 5.21. The van der Waals surface area contributed by atoms with Crippen molar-refractivity contribution < 1.29 is 4.42 Å². The Morgan fingerprint density at radius 1 is 1.11 bits per heavy atom. The van der Waals surface area contributed by atoms with Crippen LogP contribution in [0.15, 0.2) is 47.8 Å². The van der Waals surface area contributed by atoms with Crippen molar-refractivity contribution in [2.24, 2.45) is 14.1 Å². The van der Waals surface area contributed by atoms with Crippen molar-refractivity contribution in [1.82, 2.24) is 18.7 Å². The Labute approximate surface area is 160 Å². The fraction of sp³-hybridized carbons (Fsp3) is 0.222. The smallest absolute Gasteiger partial charge is 0.336 e. The molecule has 138 valence electrons. The van der Waals surface area contributed by atoms with Crippen LogP contribution in [-0.4, -0.2) is 18.7 Å². The van der Waals surface area contributed by atoms with Gasteiger partial charge in [0.05, 0.1) is 6.54 Å². The quantitative estimate of drug-likeness (QED) is 0.356. The van der Waals surface area contributed by atoms with Gasteiger partial charge in [-0.1, -0.05) is 12.1 Å². The summed E-state index contributed by atoms with van der Waals surface area (Å²) in [6.07, 6.45) is 0. The predicted octanol–water partition coefficient (Wildman–Crippen LogP) is 1.66. The normalized spacial score (nSPS) is 11.6. The molecule has 0 amide bonds. The molecule has 0 aliphatic rings. The maximum absolute atomic E-state index is 12.4. The molecule has 3 aromatic heterocycles. The molecule has 4 aromatic rings. The molecule has 0 radical (unpaired) electrons. The zero-order valence-electron chi connectivity index (χ0n) is 14.8. The lowest BCUT2D eigenvalue weighted by atomic mass is 10.1. The molecular weight excluding hydrogens is 416 g/mol. The summed E-state index contributed by atoms with van der Waals surface area (Å²) in [4.78, 5) is 41.0. The van der Waals surface area contributed by atoms with Crippen LogP contribution >= 0.6 is 15.9 Å². The second kappa shape index (κ2) is 6.05. The van der Waals surface area contributed by atoms with Gasteiger partial charge in [0.25, 0.3) is 5.56 Å². The first-order chi connectivity index (χ1) is 12.8. The number of hydrogen-bond acceptors (Lipinski definition) is 5. The maximum atomic E-state index is 12.4. The van der Waals surface area contributed by atoms with Crippen molar-refractivity contribution >= 4 is 38.1 Å². The van der Waals surface area contributed by atoms with Gasteiger partial charge in [-0.05, 0) is 40.0 Å². The number of hydrogen-bond donors (Lipinski definition) is 0. The van der Waals surface area contributed by atoms with E-state index in [0.717, 1.165) is 15.5 Å². The van der Waals surface area contributed by atoms with E-state index >= 15 is 0 Å². The number of rotatable bonds is 2. The fourth-order valence-corrected chi connectivity index (χ4v) is 3.71. The number of halogens is 1. The van der Waals surface area contributed by atoms with Crippen LogP contribution in [0.25, 0.3) is 22.1 Å². The van der Waals surface area contributed by atoms with Crippen molar-refractivity contribution in [3.63, 3.8) is 0 Å². The Bertz CT molecular complexity index is 1410. The van der Waals surface area contributed by atoms with Gasteiger partial charge in [0, 0.05) is 25.5 Å². The van der Waals surface area contributed by atoms with Gasteiger partial charge in [0.15, 0.2) is 15.9 Å². The summed E-state index contributed by atoms with van der Waals surface area (Å²) in [7, 11) is 2.99. The second-order valence-electron chi connectivity index (χ2n) is 6.44. The van der Waals surface area contributed by atoms with Gasteiger partial charge >= 0.3 is 11.3 Å². The van der Waals surface area contributed by atoms with Gasteiger partial charge in [-0.2, -0.15) is 0 Å². The van der Waals surface area contributed by atoms with E-state index in [-0.39, 0.29) is 12.1 Å². The van der Waals surface area contributed by atoms with Crippen LogP contribution in [0.4, 0.5) is 0 Å². The van der Waals surface area contributed by atoms with Crippen molar-refractivity contribution in [2.75, 3.05) is 0 Å². The first-order valence-corrected chi connectivity index (χ1v) is 8.92. The molecule has 0 fully saturated rings. The largest absolute Gasteiger partial charge is 0.423 e. The number of aromatic nitrogens is 4. The average molecular weight is 431 g/mol. The molecule has 4 rings (SSSR count). The van der Waals surface area contributed by atoms with Crippen molar-refractivity contribution in [3.05, 3.63) is 71.4 Å². The Kier molecular flexibility index (Phi) is 3.92. The number of aryl methyl sites for hydroxylation is 2. The van der Waals surface area contributed by atoms with E-state index in [1.807, 2.05) is 19.1 Å². The van der Waals surface area contributed by atoms with Gasteiger partial charge in [0.2, 0.25) is 0 Å². The third kappa shape index (κ3) is 2.66. The zero-order chi connectivity index (χ0) is 19.5. The lowest BCUT2D eigenvalue weighted by molar-refractivity contribution is 0.557. The topological polar surface area (TPSA) is 92.0 Å². The van der Waals surface area contributed by atoms with Crippen molar-refractivity contribution in [2.45, 2.75) is 13.5 Å². The molecule has 0 unspecified atom stereocenters. The molecular formula is C18H15BrN4O4. The summed E-state index contributed by atoms with van der Waals surface area (Å²) in [5.74, 6) is 0.